The van der Waals surface area contributed by atoms with Crippen LogP contribution in [-0.4, -0.2) is 41.5 Å². The number of halogens is 2. The highest BCUT2D eigenvalue weighted by molar-refractivity contribution is 14.0. The lowest BCUT2D eigenvalue weighted by atomic mass is 10.1. The van der Waals surface area contributed by atoms with Gasteiger partial charge in [-0.15, -0.1) is 24.0 Å². The summed E-state index contributed by atoms with van der Waals surface area (Å²) >= 11 is 1.95. The van der Waals surface area contributed by atoms with E-state index in [1.54, 1.807) is 6.07 Å². The summed E-state index contributed by atoms with van der Waals surface area (Å²) in [6.45, 7) is 1.94. The number of benzene rings is 1. The summed E-state index contributed by atoms with van der Waals surface area (Å²) in [7, 11) is 0. The van der Waals surface area contributed by atoms with Crippen LogP contribution in [0.2, 0.25) is 0 Å². The highest BCUT2D eigenvalue weighted by Gasteiger charge is 2.40. The van der Waals surface area contributed by atoms with Crippen LogP contribution in [0, 0.1) is 5.82 Å². The summed E-state index contributed by atoms with van der Waals surface area (Å²) in [5.74, 6) is 2.93. The Hall–Kier alpha value is -0.500. The van der Waals surface area contributed by atoms with Crippen molar-refractivity contribution in [2.75, 3.05) is 24.6 Å². The van der Waals surface area contributed by atoms with E-state index >= 15 is 0 Å². The van der Waals surface area contributed by atoms with E-state index in [1.807, 2.05) is 23.9 Å². The van der Waals surface area contributed by atoms with E-state index in [-0.39, 0.29) is 41.8 Å². The van der Waals surface area contributed by atoms with Gasteiger partial charge in [0.25, 0.3) is 0 Å². The fraction of sp³-hybridized carbons (Fsp3) is 0.500. The topological polar surface area (TPSA) is 41.6 Å². The molecule has 3 rings (SSSR count). The second-order valence-electron chi connectivity index (χ2n) is 5.02. The molecule has 1 saturated carbocycles. The van der Waals surface area contributed by atoms with Gasteiger partial charge in [0.15, 0.2) is 5.96 Å². The van der Waals surface area contributed by atoms with Crippen LogP contribution in [0.15, 0.2) is 29.3 Å². The molecule has 0 aromatic heterocycles. The molecule has 6 heteroatoms. The van der Waals surface area contributed by atoms with E-state index < -0.39 is 0 Å². The Morgan fingerprint density at radius 2 is 2.00 bits per heavy atom. The van der Waals surface area contributed by atoms with Crippen molar-refractivity contribution in [3.8, 4) is 0 Å². The SMILES string of the molecule is I.NC(=NC1CC1c1ccccc1F)N1CCSCC1. The molecular weight excluding hydrogens is 388 g/mol. The lowest BCUT2D eigenvalue weighted by Gasteiger charge is -2.27. The fourth-order valence-corrected chi connectivity index (χ4v) is 3.38. The van der Waals surface area contributed by atoms with Crippen LogP contribution < -0.4 is 5.73 Å². The molecule has 2 unspecified atom stereocenters. The summed E-state index contributed by atoms with van der Waals surface area (Å²) in [4.78, 5) is 6.69. The van der Waals surface area contributed by atoms with Gasteiger partial charge in [-0.05, 0) is 18.1 Å². The first-order chi connectivity index (χ1) is 9.25. The Balaban J connectivity index is 0.00000147. The average Bonchev–Trinajstić information content (AvgIpc) is 3.19. The standard InChI is InChI=1S/C14H18FN3S.HI/c15-12-4-2-1-3-10(12)11-9-13(11)17-14(16)18-5-7-19-8-6-18;/h1-4,11,13H,5-9H2,(H2,16,17);1H. The third-order valence-corrected chi connectivity index (χ3v) is 4.64. The molecule has 1 saturated heterocycles. The van der Waals surface area contributed by atoms with E-state index in [0.717, 1.165) is 36.6 Å². The molecule has 0 radical (unpaired) electrons. The minimum atomic E-state index is -0.127. The van der Waals surface area contributed by atoms with Crippen LogP contribution >= 0.6 is 35.7 Å². The maximum absolute atomic E-state index is 13.7. The van der Waals surface area contributed by atoms with Crippen molar-refractivity contribution in [3.05, 3.63) is 35.6 Å². The molecule has 1 aliphatic heterocycles. The second kappa shape index (κ2) is 6.98. The minimum Gasteiger partial charge on any atom is -0.370 e. The Morgan fingerprint density at radius 1 is 1.30 bits per heavy atom. The summed E-state index contributed by atoms with van der Waals surface area (Å²) in [6.07, 6.45) is 0.907. The Kier molecular flexibility index (Phi) is 5.54. The van der Waals surface area contributed by atoms with E-state index in [4.69, 9.17) is 5.73 Å². The molecule has 2 N–H and O–H groups in total. The quantitative estimate of drug-likeness (QED) is 0.466. The maximum Gasteiger partial charge on any atom is 0.191 e. The molecule has 2 fully saturated rings. The monoisotopic (exact) mass is 407 g/mol. The number of hydrogen-bond acceptors (Lipinski definition) is 2. The van der Waals surface area contributed by atoms with Crippen molar-refractivity contribution in [1.29, 1.82) is 0 Å². The van der Waals surface area contributed by atoms with Crippen molar-refractivity contribution >= 4 is 41.7 Å². The van der Waals surface area contributed by atoms with Gasteiger partial charge in [-0.3, -0.25) is 0 Å². The molecule has 1 aromatic carbocycles. The van der Waals surface area contributed by atoms with Gasteiger partial charge in [0.1, 0.15) is 5.82 Å². The molecule has 110 valence electrons. The highest BCUT2D eigenvalue weighted by atomic mass is 127. The van der Waals surface area contributed by atoms with Crippen LogP contribution in [0.3, 0.4) is 0 Å². The van der Waals surface area contributed by atoms with Gasteiger partial charge in [-0.2, -0.15) is 11.8 Å². The van der Waals surface area contributed by atoms with E-state index in [1.165, 1.54) is 6.07 Å². The first kappa shape index (κ1) is 15.9. The predicted octanol–water partition coefficient (Wildman–Crippen LogP) is 2.66. The number of aliphatic imine (C=N–C) groups is 1. The number of hydrogen-bond donors (Lipinski definition) is 1. The molecule has 0 spiro atoms. The number of thioether (sulfide) groups is 1. The molecule has 1 aliphatic carbocycles. The van der Waals surface area contributed by atoms with E-state index in [0.29, 0.717) is 5.96 Å². The highest BCUT2D eigenvalue weighted by Crippen LogP contribution is 2.44. The van der Waals surface area contributed by atoms with Crippen molar-refractivity contribution in [1.82, 2.24) is 4.90 Å². The molecule has 2 aliphatic rings. The summed E-state index contributed by atoms with van der Waals surface area (Å²) < 4.78 is 13.7. The average molecular weight is 407 g/mol. The van der Waals surface area contributed by atoms with Gasteiger partial charge < -0.3 is 10.6 Å². The van der Waals surface area contributed by atoms with Gasteiger partial charge >= 0.3 is 0 Å². The normalized spacial score (nSPS) is 26.1. The molecule has 0 amide bonds. The molecule has 1 heterocycles. The smallest absolute Gasteiger partial charge is 0.191 e. The summed E-state index contributed by atoms with van der Waals surface area (Å²) in [6, 6.07) is 7.12. The van der Waals surface area contributed by atoms with Crippen molar-refractivity contribution in [2.24, 2.45) is 10.7 Å². The molecular formula is C14H19FIN3S. The Labute approximate surface area is 140 Å². The van der Waals surface area contributed by atoms with Crippen molar-refractivity contribution in [3.63, 3.8) is 0 Å². The van der Waals surface area contributed by atoms with E-state index in [9.17, 15) is 4.39 Å². The molecule has 1 aromatic rings. The molecule has 0 bridgehead atoms. The lowest BCUT2D eigenvalue weighted by Crippen LogP contribution is -2.42. The zero-order chi connectivity index (χ0) is 13.2. The van der Waals surface area contributed by atoms with Crippen LogP contribution in [0.25, 0.3) is 0 Å². The van der Waals surface area contributed by atoms with Crippen LogP contribution in [0.1, 0.15) is 17.9 Å². The number of nitrogens with two attached hydrogens (primary N) is 1. The maximum atomic E-state index is 13.7. The zero-order valence-electron chi connectivity index (χ0n) is 11.2. The van der Waals surface area contributed by atoms with E-state index in [2.05, 4.69) is 9.89 Å². The first-order valence-electron chi connectivity index (χ1n) is 6.66. The lowest BCUT2D eigenvalue weighted by molar-refractivity contribution is 0.455. The Bertz CT molecular complexity index is 491. The van der Waals surface area contributed by atoms with Crippen molar-refractivity contribution < 1.29 is 4.39 Å². The third kappa shape index (κ3) is 3.58. The third-order valence-electron chi connectivity index (χ3n) is 3.69. The second-order valence-corrected chi connectivity index (χ2v) is 6.24. The summed E-state index contributed by atoms with van der Waals surface area (Å²) in [5, 5.41) is 0. The van der Waals surface area contributed by atoms with Gasteiger partial charge in [-0.1, -0.05) is 18.2 Å². The number of nitrogens with zero attached hydrogens (tertiary/aromatic N) is 2. The largest absolute Gasteiger partial charge is 0.370 e. The summed E-state index contributed by atoms with van der Waals surface area (Å²) in [5.41, 5.74) is 6.82. The molecule has 3 nitrogen and oxygen atoms in total. The number of guanidine groups is 1. The fourth-order valence-electron chi connectivity index (χ4n) is 2.48. The Morgan fingerprint density at radius 3 is 2.70 bits per heavy atom. The predicted molar refractivity (Wildman–Crippen MR) is 93.5 cm³/mol. The van der Waals surface area contributed by atoms with Crippen molar-refractivity contribution in [2.45, 2.75) is 18.4 Å². The number of rotatable bonds is 2. The van der Waals surface area contributed by atoms with Gasteiger partial charge in [0, 0.05) is 30.5 Å². The van der Waals surface area contributed by atoms with Crippen LogP contribution in [0.5, 0.6) is 0 Å². The van der Waals surface area contributed by atoms with Gasteiger partial charge in [-0.25, -0.2) is 9.38 Å². The van der Waals surface area contributed by atoms with Crippen LogP contribution in [-0.2, 0) is 0 Å². The molecule has 20 heavy (non-hydrogen) atoms. The molecule has 2 atom stereocenters. The van der Waals surface area contributed by atoms with Crippen LogP contribution in [0.4, 0.5) is 4.39 Å². The first-order valence-corrected chi connectivity index (χ1v) is 7.81. The minimum absolute atomic E-state index is 0. The van der Waals surface area contributed by atoms with Gasteiger partial charge in [0.05, 0.1) is 6.04 Å². The zero-order valence-corrected chi connectivity index (χ0v) is 14.3. The van der Waals surface area contributed by atoms with Gasteiger partial charge in [0.2, 0.25) is 0 Å².